The van der Waals surface area contributed by atoms with Crippen molar-refractivity contribution in [3.8, 4) is 0 Å². The van der Waals surface area contributed by atoms with Crippen molar-refractivity contribution >= 4 is 28.4 Å². The van der Waals surface area contributed by atoms with Gasteiger partial charge in [-0.2, -0.15) is 0 Å². The fraction of sp³-hybridized carbons (Fsp3) is 0.455. The van der Waals surface area contributed by atoms with Crippen LogP contribution < -0.4 is 5.32 Å². The van der Waals surface area contributed by atoms with Gasteiger partial charge >= 0.3 is 6.03 Å². The Labute approximate surface area is 166 Å². The molecule has 0 unspecified atom stereocenters. The van der Waals surface area contributed by atoms with Crippen molar-refractivity contribution in [3.05, 3.63) is 42.5 Å². The van der Waals surface area contributed by atoms with Crippen LogP contribution in [-0.2, 0) is 4.79 Å². The molecule has 148 valence electrons. The van der Waals surface area contributed by atoms with E-state index in [1.165, 1.54) is 0 Å². The normalized spacial score (nSPS) is 18.3. The molecule has 0 aliphatic carbocycles. The van der Waals surface area contributed by atoms with Gasteiger partial charge in [0.2, 0.25) is 5.91 Å². The summed E-state index contributed by atoms with van der Waals surface area (Å²) in [4.78, 5) is 31.2. The maximum atomic E-state index is 12.8. The first-order valence-corrected chi connectivity index (χ1v) is 10.2. The zero-order valence-electron chi connectivity index (χ0n) is 16.3. The van der Waals surface area contributed by atoms with E-state index < -0.39 is 0 Å². The van der Waals surface area contributed by atoms with Crippen LogP contribution in [-0.4, -0.2) is 72.5 Å². The molecule has 2 heterocycles. The van der Waals surface area contributed by atoms with Gasteiger partial charge in [-0.15, -0.1) is 0 Å². The Hall–Kier alpha value is -2.60. The fourth-order valence-corrected chi connectivity index (χ4v) is 4.12. The van der Waals surface area contributed by atoms with Gasteiger partial charge in [0.25, 0.3) is 0 Å². The average molecular weight is 380 g/mol. The summed E-state index contributed by atoms with van der Waals surface area (Å²) in [5.41, 5.74) is 0.841. The maximum Gasteiger partial charge on any atom is 0.321 e. The third-order valence-corrected chi connectivity index (χ3v) is 5.72. The van der Waals surface area contributed by atoms with E-state index in [4.69, 9.17) is 0 Å². The second-order valence-electron chi connectivity index (χ2n) is 7.66. The van der Waals surface area contributed by atoms with Crippen molar-refractivity contribution < 1.29 is 9.59 Å². The van der Waals surface area contributed by atoms with Gasteiger partial charge in [-0.05, 0) is 30.7 Å². The van der Waals surface area contributed by atoms with Crippen molar-refractivity contribution in [2.24, 2.45) is 0 Å². The predicted octanol–water partition coefficient (Wildman–Crippen LogP) is 3.00. The Morgan fingerprint density at radius 1 is 0.786 bits per heavy atom. The predicted molar refractivity (Wildman–Crippen MR) is 111 cm³/mol. The Kier molecular flexibility index (Phi) is 5.76. The molecule has 6 nitrogen and oxygen atoms in total. The van der Waals surface area contributed by atoms with E-state index in [0.29, 0.717) is 19.6 Å². The van der Waals surface area contributed by atoms with Crippen LogP contribution in [0.15, 0.2) is 42.5 Å². The molecule has 2 aromatic rings. The zero-order chi connectivity index (χ0) is 19.3. The SMILES string of the molecule is O=C(CN1CCCN(C(=O)Nc2cccc3ccccc23)CC1)N1CCCC1. The highest BCUT2D eigenvalue weighted by atomic mass is 16.2. The number of carbonyl (C=O) groups excluding carboxylic acids is 2. The van der Waals surface area contributed by atoms with Gasteiger partial charge in [-0.3, -0.25) is 9.69 Å². The minimum Gasteiger partial charge on any atom is -0.342 e. The number of urea groups is 1. The van der Waals surface area contributed by atoms with E-state index in [9.17, 15) is 9.59 Å². The van der Waals surface area contributed by atoms with Crippen molar-refractivity contribution in [2.45, 2.75) is 19.3 Å². The van der Waals surface area contributed by atoms with Crippen LogP contribution in [0.3, 0.4) is 0 Å². The molecular formula is C22H28N4O2. The Bertz CT molecular complexity index is 842. The van der Waals surface area contributed by atoms with Gasteiger partial charge in [-0.25, -0.2) is 4.79 Å². The number of amides is 3. The smallest absolute Gasteiger partial charge is 0.321 e. The number of benzene rings is 2. The lowest BCUT2D eigenvalue weighted by Gasteiger charge is -2.24. The van der Waals surface area contributed by atoms with Crippen LogP contribution in [0.25, 0.3) is 10.8 Å². The number of nitrogens with zero attached hydrogens (tertiary/aromatic N) is 3. The van der Waals surface area contributed by atoms with Crippen molar-refractivity contribution in [2.75, 3.05) is 51.1 Å². The van der Waals surface area contributed by atoms with Crippen LogP contribution in [0.5, 0.6) is 0 Å². The van der Waals surface area contributed by atoms with Crippen LogP contribution >= 0.6 is 0 Å². The van der Waals surface area contributed by atoms with E-state index >= 15 is 0 Å². The van der Waals surface area contributed by atoms with Gasteiger partial charge in [0.15, 0.2) is 0 Å². The lowest BCUT2D eigenvalue weighted by atomic mass is 10.1. The quantitative estimate of drug-likeness (QED) is 0.891. The fourth-order valence-electron chi connectivity index (χ4n) is 4.12. The average Bonchev–Trinajstić information content (AvgIpc) is 3.16. The molecule has 6 heteroatoms. The highest BCUT2D eigenvalue weighted by Gasteiger charge is 2.24. The second kappa shape index (κ2) is 8.61. The summed E-state index contributed by atoms with van der Waals surface area (Å²) in [6.07, 6.45) is 3.12. The van der Waals surface area contributed by atoms with Crippen molar-refractivity contribution in [1.29, 1.82) is 0 Å². The van der Waals surface area contributed by atoms with Gasteiger partial charge in [0.05, 0.1) is 12.2 Å². The number of likely N-dealkylation sites (tertiary alicyclic amines) is 1. The van der Waals surface area contributed by atoms with Gasteiger partial charge in [0.1, 0.15) is 0 Å². The largest absolute Gasteiger partial charge is 0.342 e. The van der Waals surface area contributed by atoms with E-state index in [0.717, 1.165) is 61.9 Å². The molecule has 2 aliphatic heterocycles. The highest BCUT2D eigenvalue weighted by Crippen LogP contribution is 2.23. The number of nitrogens with one attached hydrogen (secondary N) is 1. The van der Waals surface area contributed by atoms with E-state index in [-0.39, 0.29) is 11.9 Å². The first kappa shape index (κ1) is 18.7. The Morgan fingerprint density at radius 2 is 1.54 bits per heavy atom. The number of carbonyl (C=O) groups is 2. The summed E-state index contributed by atoms with van der Waals surface area (Å²) in [5.74, 6) is 0.228. The van der Waals surface area contributed by atoms with Gasteiger partial charge < -0.3 is 15.1 Å². The summed E-state index contributed by atoms with van der Waals surface area (Å²) < 4.78 is 0. The Morgan fingerprint density at radius 3 is 2.39 bits per heavy atom. The molecule has 0 bridgehead atoms. The van der Waals surface area contributed by atoms with Crippen molar-refractivity contribution in [1.82, 2.24) is 14.7 Å². The molecule has 2 saturated heterocycles. The molecule has 2 aliphatic rings. The van der Waals surface area contributed by atoms with Crippen LogP contribution in [0.4, 0.5) is 10.5 Å². The maximum absolute atomic E-state index is 12.8. The number of hydrogen-bond donors (Lipinski definition) is 1. The standard InChI is InChI=1S/C22H28N4O2/c27-21(25-12-3-4-13-25)17-24-11-6-14-26(16-15-24)22(28)23-20-10-5-8-18-7-1-2-9-19(18)20/h1-2,5,7-10H,3-4,6,11-17H2,(H,23,28). The van der Waals surface area contributed by atoms with Gasteiger partial charge in [0, 0.05) is 44.7 Å². The topological polar surface area (TPSA) is 55.9 Å². The minimum absolute atomic E-state index is 0.0657. The zero-order valence-corrected chi connectivity index (χ0v) is 16.3. The third kappa shape index (κ3) is 4.28. The number of fused-ring (bicyclic) bond motifs is 1. The van der Waals surface area contributed by atoms with Gasteiger partial charge in [-0.1, -0.05) is 36.4 Å². The first-order valence-electron chi connectivity index (χ1n) is 10.2. The molecule has 0 atom stereocenters. The molecule has 1 N–H and O–H groups in total. The Balaban J connectivity index is 1.34. The summed E-state index contributed by atoms with van der Waals surface area (Å²) >= 11 is 0. The molecular weight excluding hydrogens is 352 g/mol. The lowest BCUT2D eigenvalue weighted by molar-refractivity contribution is -0.131. The molecule has 28 heavy (non-hydrogen) atoms. The molecule has 0 saturated carbocycles. The number of anilines is 1. The molecule has 0 spiro atoms. The second-order valence-corrected chi connectivity index (χ2v) is 7.66. The number of hydrogen-bond acceptors (Lipinski definition) is 3. The summed E-state index contributed by atoms with van der Waals surface area (Å²) in [7, 11) is 0. The van der Waals surface area contributed by atoms with E-state index in [1.807, 2.05) is 52.3 Å². The molecule has 0 radical (unpaired) electrons. The molecule has 0 aromatic heterocycles. The third-order valence-electron chi connectivity index (χ3n) is 5.72. The van der Waals surface area contributed by atoms with Crippen molar-refractivity contribution in [3.63, 3.8) is 0 Å². The lowest BCUT2D eigenvalue weighted by Crippen LogP contribution is -2.41. The highest BCUT2D eigenvalue weighted by molar-refractivity contribution is 6.01. The van der Waals surface area contributed by atoms with E-state index in [1.54, 1.807) is 0 Å². The molecule has 2 fully saturated rings. The summed E-state index contributed by atoms with van der Waals surface area (Å²) in [5, 5.41) is 5.24. The minimum atomic E-state index is -0.0657. The van der Waals surface area contributed by atoms with Crippen LogP contribution in [0, 0.1) is 0 Å². The van der Waals surface area contributed by atoms with Crippen LogP contribution in [0.1, 0.15) is 19.3 Å². The summed E-state index contributed by atoms with van der Waals surface area (Å²) in [6, 6.07) is 14.0. The summed E-state index contributed by atoms with van der Waals surface area (Å²) in [6.45, 7) is 5.21. The molecule has 2 aromatic carbocycles. The first-order chi connectivity index (χ1) is 13.7. The molecule has 4 rings (SSSR count). The molecule has 3 amide bonds. The van der Waals surface area contributed by atoms with Crippen LogP contribution in [0.2, 0.25) is 0 Å². The number of rotatable bonds is 3. The van der Waals surface area contributed by atoms with E-state index in [2.05, 4.69) is 10.2 Å². The monoisotopic (exact) mass is 380 g/mol.